The van der Waals surface area contributed by atoms with Crippen LogP contribution in [0.25, 0.3) is 5.57 Å². The molecule has 7 heteroatoms. The number of hydrogen-bond donors (Lipinski definition) is 2. The summed E-state index contributed by atoms with van der Waals surface area (Å²) in [5, 5.41) is 26.4. The zero-order valence-electron chi connectivity index (χ0n) is 19.5. The summed E-state index contributed by atoms with van der Waals surface area (Å²) in [6, 6.07) is 17.8. The lowest BCUT2D eigenvalue weighted by Crippen LogP contribution is -2.38. The van der Waals surface area contributed by atoms with E-state index in [-0.39, 0.29) is 6.61 Å². The largest absolute Gasteiger partial charge is 0.497 e. The minimum Gasteiger partial charge on any atom is -0.497 e. The number of rotatable bonds is 9. The average Bonchev–Trinajstić information content (AvgIpc) is 2.86. The number of carbonyl (C=O) groups is 1. The molecule has 34 heavy (non-hydrogen) atoms. The number of methoxy groups -OCH3 is 1. The Labute approximate surface area is 200 Å². The van der Waals surface area contributed by atoms with Gasteiger partial charge in [-0.1, -0.05) is 42.5 Å². The standard InChI is InChI=1S/C27H32N2O5/c1-33-23-9-5-8-22(14-23)27-24(21-6-3-2-4-7-21)15-25(30)29(28-27)16-19-10-12-20(13-11-19)17-34-18-26(31)32/h2-9,14-15,19-20,25,30H,10-13,16-18H2,1H3,(H,31,32). The van der Waals surface area contributed by atoms with Crippen molar-refractivity contribution >= 4 is 17.3 Å². The molecule has 0 radical (unpaired) electrons. The van der Waals surface area contributed by atoms with Crippen LogP contribution in [0.4, 0.5) is 0 Å². The SMILES string of the molecule is COc1cccc(C2=NN(CC3CCC(COCC(=O)O)CC3)C(O)C=C2c2ccccc2)c1. The van der Waals surface area contributed by atoms with E-state index in [2.05, 4.69) is 0 Å². The molecule has 1 atom stereocenters. The molecule has 1 aliphatic carbocycles. The molecule has 0 saturated heterocycles. The summed E-state index contributed by atoms with van der Waals surface area (Å²) < 4.78 is 10.7. The van der Waals surface area contributed by atoms with Gasteiger partial charge in [-0.3, -0.25) is 5.01 Å². The number of aliphatic hydroxyl groups is 1. The number of ether oxygens (including phenoxy) is 2. The summed E-state index contributed by atoms with van der Waals surface area (Å²) in [6.45, 7) is 0.917. The number of carboxylic acids is 1. The molecule has 1 aliphatic heterocycles. The predicted molar refractivity (Wildman–Crippen MR) is 131 cm³/mol. The minimum atomic E-state index is -0.930. The van der Waals surface area contributed by atoms with Crippen LogP contribution in [0.3, 0.4) is 0 Å². The van der Waals surface area contributed by atoms with Crippen molar-refractivity contribution in [1.29, 1.82) is 0 Å². The van der Waals surface area contributed by atoms with E-state index >= 15 is 0 Å². The molecule has 1 unspecified atom stereocenters. The van der Waals surface area contributed by atoms with Crippen molar-refractivity contribution in [3.05, 3.63) is 71.8 Å². The quantitative estimate of drug-likeness (QED) is 0.582. The first-order valence-corrected chi connectivity index (χ1v) is 11.8. The summed E-state index contributed by atoms with van der Waals surface area (Å²) in [5.74, 6) is 0.629. The van der Waals surface area contributed by atoms with Gasteiger partial charge in [0.15, 0.2) is 6.23 Å². The van der Waals surface area contributed by atoms with Crippen LogP contribution in [-0.4, -0.2) is 60.0 Å². The molecule has 0 spiro atoms. The highest BCUT2D eigenvalue weighted by molar-refractivity contribution is 6.32. The fourth-order valence-corrected chi connectivity index (χ4v) is 4.70. The normalized spacial score (nSPS) is 22.6. The molecule has 0 bridgehead atoms. The number of hydrazone groups is 1. The number of aliphatic carboxylic acids is 1. The van der Waals surface area contributed by atoms with Crippen molar-refractivity contribution in [2.45, 2.75) is 31.9 Å². The lowest BCUT2D eigenvalue weighted by Gasteiger charge is -2.35. The van der Waals surface area contributed by atoms with Gasteiger partial charge in [0.25, 0.3) is 0 Å². The predicted octanol–water partition coefficient (Wildman–Crippen LogP) is 4.02. The van der Waals surface area contributed by atoms with Crippen LogP contribution >= 0.6 is 0 Å². The summed E-state index contributed by atoms with van der Waals surface area (Å²) in [4.78, 5) is 10.6. The Hall–Kier alpha value is -3.16. The number of carboxylic acid groups (broad SMARTS) is 1. The van der Waals surface area contributed by atoms with Gasteiger partial charge >= 0.3 is 5.97 Å². The number of benzene rings is 2. The molecule has 0 amide bonds. The smallest absolute Gasteiger partial charge is 0.329 e. The van der Waals surface area contributed by atoms with Crippen molar-refractivity contribution in [2.24, 2.45) is 16.9 Å². The topological polar surface area (TPSA) is 91.6 Å². The Kier molecular flexibility index (Phi) is 7.98. The van der Waals surface area contributed by atoms with Gasteiger partial charge in [0.05, 0.1) is 19.4 Å². The lowest BCUT2D eigenvalue weighted by molar-refractivity contribution is -0.142. The maximum absolute atomic E-state index is 11.0. The van der Waals surface area contributed by atoms with Crippen LogP contribution in [0, 0.1) is 11.8 Å². The van der Waals surface area contributed by atoms with E-state index in [0.29, 0.717) is 25.0 Å². The van der Waals surface area contributed by atoms with Crippen LogP contribution in [0.15, 0.2) is 65.8 Å². The van der Waals surface area contributed by atoms with Crippen molar-refractivity contribution in [3.63, 3.8) is 0 Å². The minimum absolute atomic E-state index is 0.238. The van der Waals surface area contributed by atoms with Crippen LogP contribution < -0.4 is 4.74 Å². The second kappa shape index (κ2) is 11.3. The van der Waals surface area contributed by atoms with E-state index in [4.69, 9.17) is 19.7 Å². The number of hydrogen-bond acceptors (Lipinski definition) is 6. The van der Waals surface area contributed by atoms with E-state index in [1.54, 1.807) is 12.1 Å². The van der Waals surface area contributed by atoms with Gasteiger partial charge in [0.2, 0.25) is 0 Å². The van der Waals surface area contributed by atoms with E-state index in [0.717, 1.165) is 53.8 Å². The second-order valence-electron chi connectivity index (χ2n) is 8.96. The molecule has 0 aromatic heterocycles. The molecule has 2 aromatic rings. The molecule has 2 aromatic carbocycles. The first-order chi connectivity index (χ1) is 16.5. The van der Waals surface area contributed by atoms with Crippen molar-refractivity contribution in [1.82, 2.24) is 5.01 Å². The number of aliphatic hydroxyl groups excluding tert-OH is 1. The van der Waals surface area contributed by atoms with Crippen molar-refractivity contribution in [2.75, 3.05) is 26.9 Å². The zero-order chi connectivity index (χ0) is 23.9. The van der Waals surface area contributed by atoms with Crippen LogP contribution in [0.5, 0.6) is 5.75 Å². The summed E-state index contributed by atoms with van der Waals surface area (Å²) >= 11 is 0. The molecular formula is C27H32N2O5. The third-order valence-electron chi connectivity index (χ3n) is 6.52. The summed E-state index contributed by atoms with van der Waals surface area (Å²) in [6.07, 6.45) is 5.06. The molecule has 1 heterocycles. The Bertz CT molecular complexity index is 1030. The van der Waals surface area contributed by atoms with E-state index in [1.165, 1.54) is 0 Å². The highest BCUT2D eigenvalue weighted by Gasteiger charge is 2.28. The molecule has 2 aliphatic rings. The third-order valence-corrected chi connectivity index (χ3v) is 6.52. The first kappa shape index (κ1) is 24.0. The second-order valence-corrected chi connectivity index (χ2v) is 8.96. The van der Waals surface area contributed by atoms with Crippen LogP contribution in [0.2, 0.25) is 0 Å². The highest BCUT2D eigenvalue weighted by Crippen LogP contribution is 2.32. The van der Waals surface area contributed by atoms with Gasteiger partial charge in [0.1, 0.15) is 12.4 Å². The monoisotopic (exact) mass is 464 g/mol. The zero-order valence-corrected chi connectivity index (χ0v) is 19.5. The summed E-state index contributed by atoms with van der Waals surface area (Å²) in [5.41, 5.74) is 3.65. The van der Waals surface area contributed by atoms with E-state index < -0.39 is 12.2 Å². The molecule has 2 N–H and O–H groups in total. The highest BCUT2D eigenvalue weighted by atomic mass is 16.5. The van der Waals surface area contributed by atoms with Crippen molar-refractivity contribution in [3.8, 4) is 5.75 Å². The van der Waals surface area contributed by atoms with Crippen LogP contribution in [-0.2, 0) is 9.53 Å². The molecule has 1 saturated carbocycles. The number of nitrogens with zero attached hydrogens (tertiary/aromatic N) is 2. The summed E-state index contributed by atoms with van der Waals surface area (Å²) in [7, 11) is 1.65. The van der Waals surface area contributed by atoms with Crippen LogP contribution in [0.1, 0.15) is 36.8 Å². The Morgan fingerprint density at radius 2 is 1.74 bits per heavy atom. The molecular weight excluding hydrogens is 432 g/mol. The average molecular weight is 465 g/mol. The van der Waals surface area contributed by atoms with Gasteiger partial charge in [-0.2, -0.15) is 5.10 Å². The van der Waals surface area contributed by atoms with Gasteiger partial charge in [-0.05, 0) is 61.3 Å². The van der Waals surface area contributed by atoms with E-state index in [9.17, 15) is 9.90 Å². The lowest BCUT2D eigenvalue weighted by atomic mass is 9.82. The molecule has 4 rings (SSSR count). The fraction of sp³-hybridized carbons (Fsp3) is 0.407. The van der Waals surface area contributed by atoms with Gasteiger partial charge in [0, 0.05) is 17.7 Å². The van der Waals surface area contributed by atoms with E-state index in [1.807, 2.05) is 60.7 Å². The Morgan fingerprint density at radius 1 is 1.03 bits per heavy atom. The first-order valence-electron chi connectivity index (χ1n) is 11.8. The van der Waals surface area contributed by atoms with Gasteiger partial charge < -0.3 is 19.7 Å². The van der Waals surface area contributed by atoms with Crippen molar-refractivity contribution < 1.29 is 24.5 Å². The number of allylic oxidation sites excluding steroid dienone is 1. The van der Waals surface area contributed by atoms with Gasteiger partial charge in [-0.15, -0.1) is 0 Å². The molecule has 180 valence electrons. The Balaban J connectivity index is 1.49. The maximum Gasteiger partial charge on any atom is 0.329 e. The molecule has 7 nitrogen and oxygen atoms in total. The maximum atomic E-state index is 11.0. The Morgan fingerprint density at radius 3 is 2.44 bits per heavy atom. The third kappa shape index (κ3) is 6.04. The molecule has 1 fully saturated rings. The fourth-order valence-electron chi connectivity index (χ4n) is 4.70. The van der Waals surface area contributed by atoms with Gasteiger partial charge in [-0.25, -0.2) is 4.79 Å².